The standard InChI is InChI=1S/C14H18N4O/c1-10-12(9-18(2)17-10)13(14(15)19)16-8-11-6-4-3-5-7-11/h3-7,9,13,16H,8H2,1-2H3,(H2,15,19). The molecule has 100 valence electrons. The van der Waals surface area contributed by atoms with Crippen LogP contribution in [0.15, 0.2) is 36.5 Å². The minimum atomic E-state index is -0.520. The molecule has 0 spiro atoms. The Morgan fingerprint density at radius 1 is 1.42 bits per heavy atom. The van der Waals surface area contributed by atoms with Gasteiger partial charge in [0.1, 0.15) is 6.04 Å². The SMILES string of the molecule is Cc1nn(C)cc1C(NCc1ccccc1)C(N)=O. The Morgan fingerprint density at radius 3 is 2.63 bits per heavy atom. The van der Waals surface area contributed by atoms with Crippen molar-refractivity contribution in [2.45, 2.75) is 19.5 Å². The number of carbonyl (C=O) groups excluding carboxylic acids is 1. The molecule has 1 unspecified atom stereocenters. The topological polar surface area (TPSA) is 72.9 Å². The number of carbonyl (C=O) groups is 1. The van der Waals surface area contributed by atoms with Gasteiger partial charge in [-0.3, -0.25) is 14.8 Å². The summed E-state index contributed by atoms with van der Waals surface area (Å²) in [5, 5.41) is 7.42. The van der Waals surface area contributed by atoms with Gasteiger partial charge in [0.15, 0.2) is 0 Å². The van der Waals surface area contributed by atoms with Gasteiger partial charge in [-0.1, -0.05) is 30.3 Å². The Labute approximate surface area is 112 Å². The Kier molecular flexibility index (Phi) is 3.97. The van der Waals surface area contributed by atoms with Gasteiger partial charge >= 0.3 is 0 Å². The quantitative estimate of drug-likeness (QED) is 0.841. The molecule has 0 aliphatic heterocycles. The van der Waals surface area contributed by atoms with E-state index in [0.29, 0.717) is 6.54 Å². The Balaban J connectivity index is 2.13. The van der Waals surface area contributed by atoms with Gasteiger partial charge in [-0.15, -0.1) is 0 Å². The van der Waals surface area contributed by atoms with E-state index >= 15 is 0 Å². The van der Waals surface area contributed by atoms with Crippen LogP contribution in [0.3, 0.4) is 0 Å². The van der Waals surface area contributed by atoms with Crippen LogP contribution in [0.25, 0.3) is 0 Å². The molecule has 1 heterocycles. The largest absolute Gasteiger partial charge is 0.368 e. The van der Waals surface area contributed by atoms with Crippen LogP contribution in [0, 0.1) is 6.92 Å². The lowest BCUT2D eigenvalue weighted by Crippen LogP contribution is -2.33. The van der Waals surface area contributed by atoms with Crippen LogP contribution in [0.2, 0.25) is 0 Å². The Bertz CT molecular complexity index is 562. The summed E-state index contributed by atoms with van der Waals surface area (Å²) in [7, 11) is 1.83. The maximum Gasteiger partial charge on any atom is 0.239 e. The maximum absolute atomic E-state index is 11.6. The number of nitrogens with two attached hydrogens (primary N) is 1. The van der Waals surface area contributed by atoms with Gasteiger partial charge in [0, 0.05) is 25.4 Å². The summed E-state index contributed by atoms with van der Waals surface area (Å²) in [6.07, 6.45) is 1.82. The molecule has 1 amide bonds. The first-order valence-corrected chi connectivity index (χ1v) is 6.14. The molecule has 1 atom stereocenters. The zero-order chi connectivity index (χ0) is 13.8. The van der Waals surface area contributed by atoms with Crippen LogP contribution in [0.4, 0.5) is 0 Å². The number of nitrogens with one attached hydrogen (secondary N) is 1. The second kappa shape index (κ2) is 5.67. The molecular formula is C14H18N4O. The molecule has 5 heteroatoms. The maximum atomic E-state index is 11.6. The lowest BCUT2D eigenvalue weighted by Gasteiger charge is -2.14. The van der Waals surface area contributed by atoms with Gasteiger partial charge in [0.2, 0.25) is 5.91 Å². The average Bonchev–Trinajstić information content (AvgIpc) is 2.70. The summed E-state index contributed by atoms with van der Waals surface area (Å²) in [5.74, 6) is -0.396. The Morgan fingerprint density at radius 2 is 2.11 bits per heavy atom. The highest BCUT2D eigenvalue weighted by molar-refractivity contribution is 5.81. The first-order chi connectivity index (χ1) is 9.08. The molecule has 19 heavy (non-hydrogen) atoms. The highest BCUT2D eigenvalue weighted by Gasteiger charge is 2.21. The lowest BCUT2D eigenvalue weighted by atomic mass is 10.1. The van der Waals surface area contributed by atoms with Crippen molar-refractivity contribution in [3.63, 3.8) is 0 Å². The van der Waals surface area contributed by atoms with Crippen molar-refractivity contribution >= 4 is 5.91 Å². The van der Waals surface area contributed by atoms with E-state index in [9.17, 15) is 4.79 Å². The van der Waals surface area contributed by atoms with Crippen molar-refractivity contribution in [1.29, 1.82) is 0 Å². The molecule has 0 saturated heterocycles. The minimum absolute atomic E-state index is 0.396. The second-order valence-electron chi connectivity index (χ2n) is 4.55. The fraction of sp³-hybridized carbons (Fsp3) is 0.286. The van der Waals surface area contributed by atoms with Gasteiger partial charge < -0.3 is 5.73 Å². The molecule has 2 aromatic rings. The van der Waals surface area contributed by atoms with Gasteiger partial charge in [-0.25, -0.2) is 0 Å². The fourth-order valence-electron chi connectivity index (χ4n) is 2.08. The third kappa shape index (κ3) is 3.20. The van der Waals surface area contributed by atoms with Gasteiger partial charge in [0.25, 0.3) is 0 Å². The van der Waals surface area contributed by atoms with Crippen molar-refractivity contribution in [2.75, 3.05) is 0 Å². The van der Waals surface area contributed by atoms with E-state index in [1.54, 1.807) is 4.68 Å². The van der Waals surface area contributed by atoms with Crippen molar-refractivity contribution in [3.05, 3.63) is 53.3 Å². The number of nitrogens with zero attached hydrogens (tertiary/aromatic N) is 2. The van der Waals surface area contributed by atoms with Crippen LogP contribution in [-0.4, -0.2) is 15.7 Å². The zero-order valence-corrected chi connectivity index (χ0v) is 11.1. The van der Waals surface area contributed by atoms with E-state index in [1.165, 1.54) is 0 Å². The molecule has 1 aromatic heterocycles. The normalized spacial score (nSPS) is 12.3. The molecular weight excluding hydrogens is 240 g/mol. The summed E-state index contributed by atoms with van der Waals surface area (Å²) in [5.41, 5.74) is 8.22. The number of aromatic nitrogens is 2. The zero-order valence-electron chi connectivity index (χ0n) is 11.1. The molecule has 2 rings (SSSR count). The Hall–Kier alpha value is -2.14. The molecule has 1 aromatic carbocycles. The van der Waals surface area contributed by atoms with Crippen LogP contribution in [0.5, 0.6) is 0 Å². The summed E-state index contributed by atoms with van der Waals surface area (Å²) < 4.78 is 1.69. The third-order valence-corrected chi connectivity index (χ3v) is 3.00. The minimum Gasteiger partial charge on any atom is -0.368 e. The second-order valence-corrected chi connectivity index (χ2v) is 4.55. The van der Waals surface area contributed by atoms with E-state index in [4.69, 9.17) is 5.73 Å². The van der Waals surface area contributed by atoms with Gasteiger partial charge in [-0.2, -0.15) is 5.10 Å². The smallest absolute Gasteiger partial charge is 0.239 e. The molecule has 3 N–H and O–H groups in total. The fourth-order valence-corrected chi connectivity index (χ4v) is 2.08. The summed E-state index contributed by atoms with van der Waals surface area (Å²) in [6.45, 7) is 2.46. The lowest BCUT2D eigenvalue weighted by molar-refractivity contribution is -0.120. The van der Waals surface area contributed by atoms with Crippen LogP contribution in [-0.2, 0) is 18.4 Å². The molecule has 0 fully saturated rings. The molecule has 0 bridgehead atoms. The third-order valence-electron chi connectivity index (χ3n) is 3.00. The number of rotatable bonds is 5. The number of hydrogen-bond acceptors (Lipinski definition) is 3. The highest BCUT2D eigenvalue weighted by atomic mass is 16.1. The van der Waals surface area contributed by atoms with E-state index in [0.717, 1.165) is 16.8 Å². The van der Waals surface area contributed by atoms with Crippen molar-refractivity contribution in [3.8, 4) is 0 Å². The number of primary amides is 1. The monoisotopic (exact) mass is 258 g/mol. The average molecular weight is 258 g/mol. The number of hydrogen-bond donors (Lipinski definition) is 2. The van der Waals surface area contributed by atoms with Crippen molar-refractivity contribution in [2.24, 2.45) is 12.8 Å². The van der Waals surface area contributed by atoms with Crippen molar-refractivity contribution < 1.29 is 4.79 Å². The summed E-state index contributed by atoms with van der Waals surface area (Å²) in [6, 6.07) is 9.37. The van der Waals surface area contributed by atoms with Crippen molar-refractivity contribution in [1.82, 2.24) is 15.1 Å². The molecule has 0 aliphatic rings. The van der Waals surface area contributed by atoms with Gasteiger partial charge in [0.05, 0.1) is 5.69 Å². The molecule has 0 saturated carbocycles. The van der Waals surface area contributed by atoms with Crippen LogP contribution < -0.4 is 11.1 Å². The van der Waals surface area contributed by atoms with Gasteiger partial charge in [-0.05, 0) is 12.5 Å². The molecule has 0 aliphatic carbocycles. The van der Waals surface area contributed by atoms with E-state index in [2.05, 4.69) is 10.4 Å². The predicted molar refractivity (Wildman–Crippen MR) is 73.2 cm³/mol. The first-order valence-electron chi connectivity index (χ1n) is 6.14. The van der Waals surface area contributed by atoms with E-state index < -0.39 is 11.9 Å². The predicted octanol–water partition coefficient (Wildman–Crippen LogP) is 1.04. The number of amides is 1. The first kappa shape index (κ1) is 13.3. The number of aryl methyl sites for hydroxylation is 2. The van der Waals surface area contributed by atoms with Crippen LogP contribution in [0.1, 0.15) is 22.9 Å². The number of benzene rings is 1. The van der Waals surface area contributed by atoms with E-state index in [-0.39, 0.29) is 0 Å². The summed E-state index contributed by atoms with van der Waals surface area (Å²) >= 11 is 0. The van der Waals surface area contributed by atoms with E-state index in [1.807, 2.05) is 50.5 Å². The highest BCUT2D eigenvalue weighted by Crippen LogP contribution is 2.16. The molecule has 0 radical (unpaired) electrons. The molecule has 5 nitrogen and oxygen atoms in total. The summed E-state index contributed by atoms with van der Waals surface area (Å²) in [4.78, 5) is 11.6. The van der Waals surface area contributed by atoms with Crippen LogP contribution >= 0.6 is 0 Å².